The van der Waals surface area contributed by atoms with Gasteiger partial charge >= 0.3 is 0 Å². The molecule has 0 aromatic heterocycles. The summed E-state index contributed by atoms with van der Waals surface area (Å²) in [5.74, 6) is 7.17. The van der Waals surface area contributed by atoms with Crippen LogP contribution >= 0.6 is 0 Å². The summed E-state index contributed by atoms with van der Waals surface area (Å²) >= 11 is 0. The average molecular weight is 375 g/mol. The number of carbonyl (C=O) groups excluding carboxylic acids is 1. The maximum Gasteiger partial charge on any atom is 0.185 e. The molecule has 2 aliphatic carbocycles. The van der Waals surface area contributed by atoms with E-state index in [1.165, 1.54) is 18.4 Å². The van der Waals surface area contributed by atoms with Gasteiger partial charge in [-0.1, -0.05) is 51.2 Å². The molecule has 0 aliphatic heterocycles. The van der Waals surface area contributed by atoms with E-state index in [1.54, 1.807) is 0 Å². The summed E-state index contributed by atoms with van der Waals surface area (Å²) in [7, 11) is -1.80. The highest BCUT2D eigenvalue weighted by atomic mass is 28.4. The Bertz CT molecular complexity index is 618. The SMILES string of the molecule is CCCCCC#CC1C=C(C)C2(C)CCC(CC)(O[Si](C)(C)C)C(=O)C12. The van der Waals surface area contributed by atoms with Gasteiger partial charge in [0.1, 0.15) is 5.60 Å². The van der Waals surface area contributed by atoms with Crippen molar-refractivity contribution < 1.29 is 9.22 Å². The molecule has 0 saturated heterocycles. The molecule has 3 heteroatoms. The molecule has 1 fully saturated rings. The molecule has 0 spiro atoms. The van der Waals surface area contributed by atoms with Crippen LogP contribution in [0.1, 0.15) is 72.6 Å². The highest BCUT2D eigenvalue weighted by Gasteiger charge is 2.59. The van der Waals surface area contributed by atoms with Crippen molar-refractivity contribution in [3.05, 3.63) is 11.6 Å². The van der Waals surface area contributed by atoms with Crippen LogP contribution in [0.2, 0.25) is 19.6 Å². The van der Waals surface area contributed by atoms with Crippen molar-refractivity contribution >= 4 is 14.1 Å². The van der Waals surface area contributed by atoms with Gasteiger partial charge in [-0.2, -0.15) is 0 Å². The highest BCUT2D eigenvalue weighted by Crippen LogP contribution is 2.56. The Morgan fingerprint density at radius 1 is 1.23 bits per heavy atom. The first kappa shape index (κ1) is 21.4. The van der Waals surface area contributed by atoms with Gasteiger partial charge in [0, 0.05) is 18.3 Å². The molecular formula is C23H38O2Si. The minimum atomic E-state index is -1.80. The maximum absolute atomic E-state index is 13.7. The van der Waals surface area contributed by atoms with Crippen LogP contribution in [0.15, 0.2) is 11.6 Å². The first-order valence-corrected chi connectivity index (χ1v) is 13.9. The van der Waals surface area contributed by atoms with E-state index in [0.29, 0.717) is 5.78 Å². The molecule has 4 atom stereocenters. The lowest BCUT2D eigenvalue weighted by atomic mass is 9.59. The second-order valence-corrected chi connectivity index (χ2v) is 13.9. The normalized spacial score (nSPS) is 34.1. The number of unbranched alkanes of at least 4 members (excludes halogenated alkanes) is 3. The van der Waals surface area contributed by atoms with Gasteiger partial charge < -0.3 is 4.43 Å². The first-order chi connectivity index (χ1) is 12.1. The van der Waals surface area contributed by atoms with Gasteiger partial charge in [0.05, 0.1) is 0 Å². The van der Waals surface area contributed by atoms with Gasteiger partial charge in [0.25, 0.3) is 0 Å². The summed E-state index contributed by atoms with van der Waals surface area (Å²) in [6.07, 6.45) is 9.48. The molecule has 2 rings (SSSR count). The summed E-state index contributed by atoms with van der Waals surface area (Å²) in [4.78, 5) is 13.7. The molecule has 0 bridgehead atoms. The number of ketones is 1. The highest BCUT2D eigenvalue weighted by molar-refractivity contribution is 6.70. The molecule has 0 aromatic rings. The first-order valence-electron chi connectivity index (χ1n) is 10.5. The Balaban J connectivity index is 2.28. The lowest BCUT2D eigenvalue weighted by Crippen LogP contribution is -2.57. The lowest BCUT2D eigenvalue weighted by molar-refractivity contribution is -0.151. The van der Waals surface area contributed by atoms with Crippen LogP contribution < -0.4 is 0 Å². The van der Waals surface area contributed by atoms with Crippen LogP contribution in [0.3, 0.4) is 0 Å². The van der Waals surface area contributed by atoms with Crippen LogP contribution in [0.4, 0.5) is 0 Å². The monoisotopic (exact) mass is 374 g/mol. The minimum absolute atomic E-state index is 0.0359. The molecule has 2 aliphatic rings. The number of fused-ring (bicyclic) bond motifs is 1. The van der Waals surface area contributed by atoms with Gasteiger partial charge in [-0.3, -0.25) is 4.79 Å². The van der Waals surface area contributed by atoms with Gasteiger partial charge in [-0.15, -0.1) is 5.92 Å². The third-order valence-electron chi connectivity index (χ3n) is 6.40. The Morgan fingerprint density at radius 2 is 1.92 bits per heavy atom. The second kappa shape index (κ2) is 8.03. The molecular weight excluding hydrogens is 336 g/mol. The molecule has 4 unspecified atom stereocenters. The molecule has 0 radical (unpaired) electrons. The van der Waals surface area contributed by atoms with E-state index in [0.717, 1.165) is 32.1 Å². The van der Waals surface area contributed by atoms with Crippen LogP contribution in [-0.2, 0) is 9.22 Å². The van der Waals surface area contributed by atoms with E-state index >= 15 is 0 Å². The summed E-state index contributed by atoms with van der Waals surface area (Å²) in [6.45, 7) is 15.4. The van der Waals surface area contributed by atoms with Gasteiger partial charge in [0.2, 0.25) is 0 Å². The Morgan fingerprint density at radius 3 is 2.50 bits per heavy atom. The number of carbonyl (C=O) groups is 1. The van der Waals surface area contributed by atoms with E-state index in [2.05, 4.69) is 65.3 Å². The summed E-state index contributed by atoms with van der Waals surface area (Å²) in [5, 5.41) is 0. The molecule has 1 saturated carbocycles. The van der Waals surface area contributed by atoms with E-state index in [1.807, 2.05) is 0 Å². The molecule has 2 nitrogen and oxygen atoms in total. The summed E-state index contributed by atoms with van der Waals surface area (Å²) < 4.78 is 6.54. The topological polar surface area (TPSA) is 26.3 Å². The van der Waals surface area contributed by atoms with Crippen molar-refractivity contribution in [2.24, 2.45) is 17.3 Å². The Hall–Kier alpha value is -0.853. The molecule has 0 heterocycles. The van der Waals surface area contributed by atoms with Crippen molar-refractivity contribution in [2.45, 2.75) is 97.9 Å². The Labute approximate surface area is 162 Å². The minimum Gasteiger partial charge on any atom is -0.405 e. The van der Waals surface area contributed by atoms with Crippen LogP contribution in [-0.4, -0.2) is 19.7 Å². The van der Waals surface area contributed by atoms with Crippen LogP contribution in [0.5, 0.6) is 0 Å². The number of rotatable bonds is 6. The van der Waals surface area contributed by atoms with Gasteiger partial charge in [0.15, 0.2) is 14.1 Å². The maximum atomic E-state index is 13.7. The number of allylic oxidation sites excluding steroid dienone is 2. The number of hydrogen-bond donors (Lipinski definition) is 0. The standard InChI is InChI=1S/C23H38O2Si/c1-8-10-11-12-13-14-19-17-18(3)22(4)15-16-23(9-2,21(24)20(19)22)25-26(5,6)7/h17,19-20H,8-12,15-16H2,1-7H3. The Kier molecular flexibility index (Phi) is 6.62. The van der Waals surface area contributed by atoms with Crippen LogP contribution in [0.25, 0.3) is 0 Å². The molecule has 26 heavy (non-hydrogen) atoms. The van der Waals surface area contributed by atoms with E-state index in [4.69, 9.17) is 4.43 Å². The molecule has 0 aromatic carbocycles. The predicted molar refractivity (Wildman–Crippen MR) is 112 cm³/mol. The third kappa shape index (κ3) is 4.18. The summed E-state index contributed by atoms with van der Waals surface area (Å²) in [5.41, 5.74) is 0.720. The van der Waals surface area contributed by atoms with Crippen molar-refractivity contribution in [3.8, 4) is 11.8 Å². The zero-order valence-corrected chi connectivity index (χ0v) is 19.0. The largest absolute Gasteiger partial charge is 0.405 e. The van der Waals surface area contributed by atoms with E-state index in [-0.39, 0.29) is 17.3 Å². The van der Waals surface area contributed by atoms with Crippen molar-refractivity contribution in [2.75, 3.05) is 0 Å². The van der Waals surface area contributed by atoms with Crippen molar-refractivity contribution in [3.63, 3.8) is 0 Å². The van der Waals surface area contributed by atoms with Gasteiger partial charge in [-0.25, -0.2) is 0 Å². The van der Waals surface area contributed by atoms with Crippen LogP contribution in [0, 0.1) is 29.1 Å². The molecule has 146 valence electrons. The third-order valence-corrected chi connectivity index (χ3v) is 7.41. The lowest BCUT2D eigenvalue weighted by Gasteiger charge is -2.49. The predicted octanol–water partition coefficient (Wildman–Crippen LogP) is 6.13. The zero-order chi connectivity index (χ0) is 19.6. The molecule has 0 N–H and O–H groups in total. The van der Waals surface area contributed by atoms with E-state index < -0.39 is 13.9 Å². The smallest absolute Gasteiger partial charge is 0.185 e. The zero-order valence-electron chi connectivity index (χ0n) is 18.0. The fourth-order valence-corrected chi connectivity index (χ4v) is 6.28. The van der Waals surface area contributed by atoms with E-state index in [9.17, 15) is 4.79 Å². The van der Waals surface area contributed by atoms with Crippen molar-refractivity contribution in [1.29, 1.82) is 0 Å². The fourth-order valence-electron chi connectivity index (χ4n) is 4.76. The average Bonchev–Trinajstić information content (AvgIpc) is 2.81. The molecule has 0 amide bonds. The number of hydrogen-bond acceptors (Lipinski definition) is 2. The van der Waals surface area contributed by atoms with Gasteiger partial charge in [-0.05, 0) is 57.7 Å². The fraction of sp³-hybridized carbons (Fsp3) is 0.783. The number of Topliss-reactive ketones (excluding diaryl/α,β-unsaturated/α-hetero) is 1. The van der Waals surface area contributed by atoms with Crippen molar-refractivity contribution in [1.82, 2.24) is 0 Å². The second-order valence-electron chi connectivity index (χ2n) is 9.48. The summed E-state index contributed by atoms with van der Waals surface area (Å²) in [6, 6.07) is 0. The quantitative estimate of drug-likeness (QED) is 0.242.